The summed E-state index contributed by atoms with van der Waals surface area (Å²) < 4.78 is 34.8. The van der Waals surface area contributed by atoms with Crippen molar-refractivity contribution >= 4 is 28.6 Å². The Morgan fingerprint density at radius 2 is 1.86 bits per heavy atom. The Balaban J connectivity index is 1.75. The molecular formula is C21H20F2N2O3S. The number of hydrogen-bond donors (Lipinski definition) is 1. The van der Waals surface area contributed by atoms with Gasteiger partial charge < -0.3 is 19.7 Å². The van der Waals surface area contributed by atoms with Gasteiger partial charge >= 0.3 is 6.61 Å². The number of rotatable bonds is 9. The molecule has 0 aliphatic heterocycles. The van der Waals surface area contributed by atoms with E-state index in [-0.39, 0.29) is 23.9 Å². The molecule has 0 radical (unpaired) electrons. The van der Waals surface area contributed by atoms with Gasteiger partial charge in [-0.25, -0.2) is 0 Å². The lowest BCUT2D eigenvalue weighted by molar-refractivity contribution is -0.115. The highest BCUT2D eigenvalue weighted by Gasteiger charge is 2.16. The van der Waals surface area contributed by atoms with Crippen LogP contribution in [0.4, 0.5) is 20.2 Å². The highest BCUT2D eigenvalue weighted by molar-refractivity contribution is 7.09. The van der Waals surface area contributed by atoms with Crippen LogP contribution in [0.2, 0.25) is 0 Å². The fraction of sp³-hybridized carbons (Fsp3) is 0.190. The summed E-state index contributed by atoms with van der Waals surface area (Å²) in [6.07, 6.45) is 0. The van der Waals surface area contributed by atoms with Crippen LogP contribution in [-0.2, 0) is 11.3 Å². The first kappa shape index (κ1) is 20.6. The Labute approximate surface area is 171 Å². The number of halogens is 2. The molecule has 2 aromatic carbocycles. The summed E-state index contributed by atoms with van der Waals surface area (Å²) in [5, 5.41) is 4.63. The van der Waals surface area contributed by atoms with Crippen molar-refractivity contribution in [3.05, 3.63) is 70.9 Å². The highest BCUT2D eigenvalue weighted by atomic mass is 32.1. The van der Waals surface area contributed by atoms with E-state index in [1.165, 1.54) is 12.1 Å². The number of para-hydroxylation sites is 2. The maximum absolute atomic E-state index is 12.7. The van der Waals surface area contributed by atoms with Crippen LogP contribution < -0.4 is 19.7 Å². The van der Waals surface area contributed by atoms with Gasteiger partial charge in [-0.2, -0.15) is 8.78 Å². The van der Waals surface area contributed by atoms with Gasteiger partial charge in [0, 0.05) is 10.6 Å². The second-order valence-corrected chi connectivity index (χ2v) is 7.09. The average Bonchev–Trinajstić information content (AvgIpc) is 3.22. The largest absolute Gasteiger partial charge is 0.497 e. The number of methoxy groups -OCH3 is 1. The minimum Gasteiger partial charge on any atom is -0.497 e. The van der Waals surface area contributed by atoms with Crippen molar-refractivity contribution in [3.8, 4) is 11.5 Å². The van der Waals surface area contributed by atoms with Crippen molar-refractivity contribution in [3.63, 3.8) is 0 Å². The zero-order chi connectivity index (χ0) is 20.6. The molecule has 0 spiro atoms. The molecule has 1 aromatic heterocycles. The molecule has 152 valence electrons. The van der Waals surface area contributed by atoms with Crippen LogP contribution in [0, 0.1) is 0 Å². The molecule has 0 aliphatic carbocycles. The summed E-state index contributed by atoms with van der Waals surface area (Å²) in [6, 6.07) is 17.4. The summed E-state index contributed by atoms with van der Waals surface area (Å²) in [7, 11) is 1.59. The normalized spacial score (nSPS) is 10.6. The number of amides is 1. The fourth-order valence-electron chi connectivity index (χ4n) is 2.75. The third-order valence-electron chi connectivity index (χ3n) is 4.08. The highest BCUT2D eigenvalue weighted by Crippen LogP contribution is 2.26. The number of alkyl halides is 2. The third kappa shape index (κ3) is 5.92. The molecule has 8 heteroatoms. The fourth-order valence-corrected chi connectivity index (χ4v) is 3.47. The molecule has 0 atom stereocenters. The zero-order valence-corrected chi connectivity index (χ0v) is 16.5. The molecule has 0 fully saturated rings. The van der Waals surface area contributed by atoms with E-state index < -0.39 is 6.61 Å². The molecule has 29 heavy (non-hydrogen) atoms. The van der Waals surface area contributed by atoms with E-state index in [1.807, 2.05) is 46.7 Å². The predicted octanol–water partition coefficient (Wildman–Crippen LogP) is 5.00. The third-order valence-corrected chi connectivity index (χ3v) is 4.94. The second kappa shape index (κ2) is 9.88. The maximum atomic E-state index is 12.7. The molecular weight excluding hydrogens is 398 g/mol. The number of benzene rings is 2. The quantitative estimate of drug-likeness (QED) is 0.531. The Hall–Kier alpha value is -3.13. The molecule has 3 aromatic rings. The van der Waals surface area contributed by atoms with Gasteiger partial charge in [0.25, 0.3) is 0 Å². The van der Waals surface area contributed by atoms with Crippen LogP contribution in [0.25, 0.3) is 0 Å². The monoisotopic (exact) mass is 418 g/mol. The molecule has 0 bridgehead atoms. The Bertz CT molecular complexity index is 918. The van der Waals surface area contributed by atoms with Crippen LogP contribution in [0.3, 0.4) is 0 Å². The number of ether oxygens (including phenoxy) is 2. The van der Waals surface area contributed by atoms with E-state index in [0.717, 1.165) is 10.6 Å². The first-order valence-electron chi connectivity index (χ1n) is 8.80. The van der Waals surface area contributed by atoms with Gasteiger partial charge in [0.2, 0.25) is 5.91 Å². The zero-order valence-electron chi connectivity index (χ0n) is 15.7. The molecule has 1 amide bonds. The van der Waals surface area contributed by atoms with Crippen LogP contribution in [-0.4, -0.2) is 26.2 Å². The van der Waals surface area contributed by atoms with Crippen LogP contribution in [0.15, 0.2) is 66.0 Å². The van der Waals surface area contributed by atoms with Crippen molar-refractivity contribution in [1.82, 2.24) is 0 Å². The van der Waals surface area contributed by atoms with Crippen molar-refractivity contribution < 1.29 is 23.0 Å². The molecule has 1 N–H and O–H groups in total. The van der Waals surface area contributed by atoms with E-state index in [2.05, 4.69) is 10.1 Å². The number of hydrogen-bond acceptors (Lipinski definition) is 5. The van der Waals surface area contributed by atoms with Gasteiger partial charge in [0.1, 0.15) is 11.5 Å². The van der Waals surface area contributed by atoms with Crippen LogP contribution in [0.5, 0.6) is 11.5 Å². The number of carbonyl (C=O) groups excluding carboxylic acids is 1. The topological polar surface area (TPSA) is 50.8 Å². The summed E-state index contributed by atoms with van der Waals surface area (Å²) in [6.45, 7) is -2.40. The van der Waals surface area contributed by atoms with Crippen molar-refractivity contribution in [1.29, 1.82) is 0 Å². The lowest BCUT2D eigenvalue weighted by Crippen LogP contribution is -2.32. The molecule has 0 saturated heterocycles. The summed E-state index contributed by atoms with van der Waals surface area (Å²) in [5.74, 6) is 0.292. The summed E-state index contributed by atoms with van der Waals surface area (Å²) in [4.78, 5) is 15.7. The summed E-state index contributed by atoms with van der Waals surface area (Å²) in [5.41, 5.74) is 1.04. The van der Waals surface area contributed by atoms with E-state index in [0.29, 0.717) is 12.3 Å². The standard InChI is InChI=1S/C21H20F2N2O3S/c1-27-16-10-8-15(9-11-16)25(13-17-5-4-12-29-17)14-20(26)24-18-6-2-3-7-19(18)28-21(22)23/h2-12,21H,13-14H2,1H3,(H,24,26). The van der Waals surface area contributed by atoms with Gasteiger partial charge in [-0.15, -0.1) is 11.3 Å². The smallest absolute Gasteiger partial charge is 0.387 e. The van der Waals surface area contributed by atoms with E-state index in [9.17, 15) is 13.6 Å². The van der Waals surface area contributed by atoms with E-state index >= 15 is 0 Å². The van der Waals surface area contributed by atoms with E-state index in [4.69, 9.17) is 4.74 Å². The minimum atomic E-state index is -2.97. The number of anilines is 2. The maximum Gasteiger partial charge on any atom is 0.387 e. The number of nitrogens with one attached hydrogen (secondary N) is 1. The SMILES string of the molecule is COc1ccc(N(CC(=O)Nc2ccccc2OC(F)F)Cc2cccs2)cc1. The molecule has 0 aliphatic rings. The Morgan fingerprint density at radius 3 is 2.52 bits per heavy atom. The number of nitrogens with zero attached hydrogens (tertiary/aromatic N) is 1. The molecule has 3 rings (SSSR count). The van der Waals surface area contributed by atoms with Crippen molar-refractivity contribution in [2.24, 2.45) is 0 Å². The van der Waals surface area contributed by atoms with Crippen molar-refractivity contribution in [2.45, 2.75) is 13.2 Å². The second-order valence-electron chi connectivity index (χ2n) is 6.06. The Kier molecular flexibility index (Phi) is 7.02. The summed E-state index contributed by atoms with van der Waals surface area (Å²) >= 11 is 1.59. The Morgan fingerprint density at radius 1 is 1.10 bits per heavy atom. The van der Waals surface area contributed by atoms with E-state index in [1.54, 1.807) is 30.6 Å². The van der Waals surface area contributed by atoms with Gasteiger partial charge in [-0.1, -0.05) is 18.2 Å². The lowest BCUT2D eigenvalue weighted by atomic mass is 10.2. The predicted molar refractivity (Wildman–Crippen MR) is 110 cm³/mol. The molecule has 0 saturated carbocycles. The number of thiophene rings is 1. The first-order valence-corrected chi connectivity index (χ1v) is 9.68. The lowest BCUT2D eigenvalue weighted by Gasteiger charge is -2.24. The first-order chi connectivity index (χ1) is 14.0. The van der Waals surface area contributed by atoms with Gasteiger partial charge in [-0.3, -0.25) is 4.79 Å². The molecule has 0 unspecified atom stereocenters. The van der Waals surface area contributed by atoms with Gasteiger partial charge in [0.05, 0.1) is 25.9 Å². The van der Waals surface area contributed by atoms with Gasteiger partial charge in [-0.05, 0) is 47.8 Å². The average molecular weight is 418 g/mol. The van der Waals surface area contributed by atoms with Crippen LogP contribution in [0.1, 0.15) is 4.88 Å². The molecule has 1 heterocycles. The minimum absolute atomic E-state index is 0.0350. The molecule has 5 nitrogen and oxygen atoms in total. The van der Waals surface area contributed by atoms with Gasteiger partial charge in [0.15, 0.2) is 0 Å². The van der Waals surface area contributed by atoms with Crippen molar-refractivity contribution in [2.75, 3.05) is 23.9 Å². The number of carbonyl (C=O) groups is 1. The van der Waals surface area contributed by atoms with Crippen LogP contribution >= 0.6 is 11.3 Å².